The molecule has 6 nitrogen and oxygen atoms in total. The highest BCUT2D eigenvalue weighted by Gasteiger charge is 2.26. The highest BCUT2D eigenvalue weighted by Crippen LogP contribution is 2.30. The summed E-state index contributed by atoms with van der Waals surface area (Å²) in [6, 6.07) is 8.03. The number of nitrogens with one attached hydrogen (secondary N) is 3. The van der Waals surface area contributed by atoms with E-state index in [1.807, 2.05) is 12.1 Å². The van der Waals surface area contributed by atoms with Crippen molar-refractivity contribution in [3.05, 3.63) is 24.3 Å². The third-order valence-electron chi connectivity index (χ3n) is 5.29. The second kappa shape index (κ2) is 10.5. The van der Waals surface area contributed by atoms with Crippen molar-refractivity contribution in [3.8, 4) is 5.75 Å². The van der Waals surface area contributed by atoms with Crippen molar-refractivity contribution in [1.82, 2.24) is 15.4 Å². The molecule has 2 aliphatic rings. The summed E-state index contributed by atoms with van der Waals surface area (Å²) >= 11 is 1.65. The molecule has 2 fully saturated rings. The maximum Gasteiger partial charge on any atom is 0.243 e. The molecule has 3 rings (SSSR count). The number of amides is 2. The monoisotopic (exact) mass is 419 g/mol. The Morgan fingerprint density at radius 2 is 2.03 bits per heavy atom. The number of rotatable bonds is 12. The quantitative estimate of drug-likeness (QED) is 0.274. The van der Waals surface area contributed by atoms with Gasteiger partial charge in [0.15, 0.2) is 0 Å². The maximum atomic E-state index is 11.7. The molecule has 1 aromatic rings. The summed E-state index contributed by atoms with van der Waals surface area (Å²) in [5, 5.41) is 5.65. The van der Waals surface area contributed by atoms with E-state index in [0.717, 1.165) is 49.0 Å². The summed E-state index contributed by atoms with van der Waals surface area (Å²) < 4.78 is 9.43. The molecule has 7 heteroatoms. The molecule has 160 valence electrons. The van der Waals surface area contributed by atoms with Gasteiger partial charge in [-0.05, 0) is 88.6 Å². The molecule has 3 N–H and O–H groups in total. The van der Waals surface area contributed by atoms with Crippen molar-refractivity contribution >= 4 is 23.8 Å². The molecule has 1 aromatic carbocycles. The van der Waals surface area contributed by atoms with E-state index in [0.29, 0.717) is 12.8 Å². The Kier molecular flexibility index (Phi) is 7.98. The molecule has 0 aromatic heterocycles. The minimum atomic E-state index is -0.233. The summed E-state index contributed by atoms with van der Waals surface area (Å²) in [5.41, 5.74) is 0.00414. The predicted molar refractivity (Wildman–Crippen MR) is 116 cm³/mol. The Bertz CT molecular complexity index is 706. The van der Waals surface area contributed by atoms with Crippen molar-refractivity contribution in [2.75, 3.05) is 13.2 Å². The third-order valence-corrected chi connectivity index (χ3v) is 6.44. The van der Waals surface area contributed by atoms with Gasteiger partial charge in [0.2, 0.25) is 11.8 Å². The van der Waals surface area contributed by atoms with Gasteiger partial charge in [-0.3, -0.25) is 19.6 Å². The Labute approximate surface area is 178 Å². The maximum absolute atomic E-state index is 11.7. The number of imide groups is 1. The largest absolute Gasteiger partial charge is 0.493 e. The van der Waals surface area contributed by atoms with Gasteiger partial charge in [-0.15, -0.1) is 0 Å². The molecule has 0 bridgehead atoms. The average Bonchev–Trinajstić information content (AvgIpc) is 3.51. The molecular weight excluding hydrogens is 386 g/mol. The van der Waals surface area contributed by atoms with E-state index in [-0.39, 0.29) is 23.4 Å². The summed E-state index contributed by atoms with van der Waals surface area (Å²) in [6.45, 7) is 6.04. The molecule has 1 heterocycles. The molecule has 1 saturated carbocycles. The standard InChI is InChI=1S/C22H33N3O3S/c1-22(2,12-3-4-13-23-19-10-11-20(26)24-21(19)27)25-29-18-7-5-6-17(14-18)28-15-16-8-9-16/h5-7,14,16,19,23,25H,3-4,8-13,15H2,1-2H3,(H,24,26,27). The van der Waals surface area contributed by atoms with Gasteiger partial charge in [-0.25, -0.2) is 0 Å². The smallest absolute Gasteiger partial charge is 0.243 e. The topological polar surface area (TPSA) is 79.5 Å². The summed E-state index contributed by atoms with van der Waals surface area (Å²) in [5.74, 6) is 1.34. The zero-order valence-corrected chi connectivity index (χ0v) is 18.3. The first-order valence-electron chi connectivity index (χ1n) is 10.7. The molecule has 0 spiro atoms. The SMILES string of the molecule is CC(C)(CCCCNC1CCC(=O)NC1=O)NSc1cccc(OCC2CC2)c1. The van der Waals surface area contributed by atoms with E-state index in [1.165, 1.54) is 12.8 Å². The lowest BCUT2D eigenvalue weighted by atomic mass is 9.98. The first-order chi connectivity index (χ1) is 13.9. The molecule has 1 saturated heterocycles. The Morgan fingerprint density at radius 1 is 1.21 bits per heavy atom. The van der Waals surface area contributed by atoms with Crippen molar-refractivity contribution in [1.29, 1.82) is 0 Å². The van der Waals surface area contributed by atoms with Crippen LogP contribution < -0.4 is 20.1 Å². The molecule has 1 aliphatic heterocycles. The fourth-order valence-electron chi connectivity index (χ4n) is 3.23. The molecule has 1 atom stereocenters. The van der Waals surface area contributed by atoms with Crippen LogP contribution >= 0.6 is 11.9 Å². The first kappa shape index (κ1) is 22.1. The number of carbonyl (C=O) groups is 2. The number of unbranched alkanes of at least 4 members (excludes halogenated alkanes) is 1. The number of piperidine rings is 1. The van der Waals surface area contributed by atoms with Gasteiger partial charge in [-0.2, -0.15) is 0 Å². The molecular formula is C22H33N3O3S. The average molecular weight is 420 g/mol. The van der Waals surface area contributed by atoms with Crippen LogP contribution in [0.1, 0.15) is 58.8 Å². The zero-order valence-electron chi connectivity index (χ0n) is 17.5. The van der Waals surface area contributed by atoms with Gasteiger partial charge >= 0.3 is 0 Å². The Hall–Kier alpha value is -1.57. The molecule has 29 heavy (non-hydrogen) atoms. The number of hydrogen-bond acceptors (Lipinski definition) is 6. The van der Waals surface area contributed by atoms with E-state index in [1.54, 1.807) is 11.9 Å². The molecule has 2 amide bonds. The minimum Gasteiger partial charge on any atom is -0.493 e. The third kappa shape index (κ3) is 7.99. The van der Waals surface area contributed by atoms with Crippen molar-refractivity contribution in [3.63, 3.8) is 0 Å². The Balaban J connectivity index is 1.31. The van der Waals surface area contributed by atoms with E-state index in [4.69, 9.17) is 4.74 Å². The van der Waals surface area contributed by atoms with Crippen LogP contribution in [0.3, 0.4) is 0 Å². The highest BCUT2D eigenvalue weighted by molar-refractivity contribution is 7.97. The summed E-state index contributed by atoms with van der Waals surface area (Å²) in [6.07, 6.45) is 6.71. The predicted octanol–water partition coefficient (Wildman–Crippen LogP) is 3.42. The lowest BCUT2D eigenvalue weighted by Gasteiger charge is -2.26. The van der Waals surface area contributed by atoms with Gasteiger partial charge in [0.1, 0.15) is 5.75 Å². The van der Waals surface area contributed by atoms with Gasteiger partial charge in [-0.1, -0.05) is 12.5 Å². The minimum absolute atomic E-state index is 0.00414. The fraction of sp³-hybridized carbons (Fsp3) is 0.636. The Morgan fingerprint density at radius 3 is 2.79 bits per heavy atom. The number of hydrogen-bond donors (Lipinski definition) is 3. The van der Waals surface area contributed by atoms with Crippen LogP contribution in [0, 0.1) is 5.92 Å². The van der Waals surface area contributed by atoms with Crippen LogP contribution in [0.15, 0.2) is 29.2 Å². The normalized spacial score (nSPS) is 19.9. The molecule has 1 unspecified atom stereocenters. The van der Waals surface area contributed by atoms with Crippen LogP contribution in [0.5, 0.6) is 5.75 Å². The molecule has 0 radical (unpaired) electrons. The van der Waals surface area contributed by atoms with Crippen LogP contribution in [0.25, 0.3) is 0 Å². The highest BCUT2D eigenvalue weighted by atomic mass is 32.2. The van der Waals surface area contributed by atoms with Crippen LogP contribution in [0.2, 0.25) is 0 Å². The van der Waals surface area contributed by atoms with Crippen LogP contribution in [-0.4, -0.2) is 36.5 Å². The van der Waals surface area contributed by atoms with E-state index in [2.05, 4.69) is 41.3 Å². The number of benzene rings is 1. The second-order valence-corrected chi connectivity index (χ2v) is 9.61. The van der Waals surface area contributed by atoms with Gasteiger partial charge < -0.3 is 10.1 Å². The van der Waals surface area contributed by atoms with E-state index >= 15 is 0 Å². The first-order valence-corrected chi connectivity index (χ1v) is 11.5. The van der Waals surface area contributed by atoms with Gasteiger partial charge in [0, 0.05) is 16.9 Å². The van der Waals surface area contributed by atoms with Crippen LogP contribution in [0.4, 0.5) is 0 Å². The van der Waals surface area contributed by atoms with Gasteiger partial charge in [0.05, 0.1) is 12.6 Å². The second-order valence-electron chi connectivity index (χ2n) is 8.73. The molecule has 1 aliphatic carbocycles. The van der Waals surface area contributed by atoms with Crippen LogP contribution in [-0.2, 0) is 9.59 Å². The van der Waals surface area contributed by atoms with Crippen molar-refractivity contribution in [2.24, 2.45) is 5.92 Å². The number of carbonyl (C=O) groups excluding carboxylic acids is 2. The fourth-order valence-corrected chi connectivity index (χ4v) is 4.05. The van der Waals surface area contributed by atoms with E-state index in [9.17, 15) is 9.59 Å². The summed E-state index contributed by atoms with van der Waals surface area (Å²) in [7, 11) is 0. The summed E-state index contributed by atoms with van der Waals surface area (Å²) in [4.78, 5) is 24.1. The lowest BCUT2D eigenvalue weighted by Crippen LogP contribution is -2.50. The van der Waals surface area contributed by atoms with Crippen molar-refractivity contribution in [2.45, 2.75) is 75.3 Å². The van der Waals surface area contributed by atoms with Gasteiger partial charge in [0.25, 0.3) is 0 Å². The lowest BCUT2D eigenvalue weighted by molar-refractivity contribution is -0.134. The van der Waals surface area contributed by atoms with E-state index < -0.39 is 0 Å². The zero-order chi connectivity index (χ0) is 20.7. The van der Waals surface area contributed by atoms with Crippen molar-refractivity contribution < 1.29 is 14.3 Å². The number of ether oxygens (including phenoxy) is 1.